The summed E-state index contributed by atoms with van der Waals surface area (Å²) in [5.74, 6) is 0.680. The number of aliphatic imine (C=N–C) groups is 1. The van der Waals surface area contributed by atoms with Crippen molar-refractivity contribution in [1.29, 1.82) is 0 Å². The minimum Gasteiger partial charge on any atom is -0.386 e. The van der Waals surface area contributed by atoms with Crippen molar-refractivity contribution in [3.63, 3.8) is 0 Å². The molecule has 0 saturated carbocycles. The molecule has 1 amide bonds. The molecule has 2 fully saturated rings. The Kier molecular flexibility index (Phi) is 10.4. The van der Waals surface area contributed by atoms with E-state index < -0.39 is 6.10 Å². The number of hydrogen-bond donors (Lipinski definition) is 2. The summed E-state index contributed by atoms with van der Waals surface area (Å²) in [5, 5.41) is 13.7. The van der Waals surface area contributed by atoms with Gasteiger partial charge in [0.05, 0.1) is 18.7 Å². The van der Waals surface area contributed by atoms with Crippen LogP contribution in [0.2, 0.25) is 0 Å². The lowest BCUT2D eigenvalue weighted by atomic mass is 10.1. The number of likely N-dealkylation sites (tertiary alicyclic amines) is 1. The Balaban J connectivity index is 0.00000341. The predicted molar refractivity (Wildman–Crippen MR) is 131 cm³/mol. The van der Waals surface area contributed by atoms with Gasteiger partial charge in [0.1, 0.15) is 5.82 Å². The number of nitrogens with zero attached hydrogens (tertiary/aromatic N) is 4. The molecular weight excluding hydrogens is 512 g/mol. The number of carbonyl (C=O) groups excluding carboxylic acids is 1. The highest BCUT2D eigenvalue weighted by Gasteiger charge is 2.30. The van der Waals surface area contributed by atoms with E-state index in [0.717, 1.165) is 64.6 Å². The molecule has 2 saturated heterocycles. The predicted octanol–water partition coefficient (Wildman–Crippen LogP) is 2.07. The second-order valence-corrected chi connectivity index (χ2v) is 7.99. The van der Waals surface area contributed by atoms with Crippen LogP contribution in [-0.2, 0) is 4.79 Å². The summed E-state index contributed by atoms with van der Waals surface area (Å²) >= 11 is 0. The normalized spacial score (nSPS) is 19.7. The fourth-order valence-electron chi connectivity index (χ4n) is 4.07. The summed E-state index contributed by atoms with van der Waals surface area (Å²) in [4.78, 5) is 23.7. The van der Waals surface area contributed by atoms with E-state index in [1.165, 1.54) is 12.1 Å². The molecule has 0 radical (unpaired) electrons. The highest BCUT2D eigenvalue weighted by molar-refractivity contribution is 14.0. The molecule has 2 N–H and O–H groups in total. The Morgan fingerprint density at radius 2 is 1.71 bits per heavy atom. The van der Waals surface area contributed by atoms with Crippen LogP contribution < -0.4 is 5.32 Å². The van der Waals surface area contributed by atoms with Crippen LogP contribution in [0.1, 0.15) is 38.4 Å². The average molecular weight is 547 g/mol. The molecular formula is C22H35FIN5O2. The van der Waals surface area contributed by atoms with E-state index in [9.17, 15) is 14.3 Å². The standard InChI is InChI=1S/C22H34FN5O2.HI/c1-3-24-22(25-16-20(29)18-6-8-19(23)9-7-18)28-14-12-26(13-15-28)17(2)21(30)27-10-4-5-11-27;/h6-9,17,20,29H,3-5,10-16H2,1-2H3,(H,24,25);1H. The number of piperazine rings is 1. The number of hydrogen-bond acceptors (Lipinski definition) is 4. The van der Waals surface area contributed by atoms with Gasteiger partial charge in [0.15, 0.2) is 5.96 Å². The number of aliphatic hydroxyl groups excluding tert-OH is 1. The average Bonchev–Trinajstić information content (AvgIpc) is 3.31. The molecule has 0 bridgehead atoms. The van der Waals surface area contributed by atoms with Crippen LogP contribution in [0.25, 0.3) is 0 Å². The van der Waals surface area contributed by atoms with E-state index >= 15 is 0 Å². The first-order chi connectivity index (χ1) is 14.5. The van der Waals surface area contributed by atoms with Gasteiger partial charge in [-0.2, -0.15) is 0 Å². The lowest BCUT2D eigenvalue weighted by Crippen LogP contribution is -2.57. The summed E-state index contributed by atoms with van der Waals surface area (Å²) in [6.07, 6.45) is 1.44. The van der Waals surface area contributed by atoms with Gasteiger partial charge in [0.25, 0.3) is 0 Å². The van der Waals surface area contributed by atoms with Crippen LogP contribution in [0.5, 0.6) is 0 Å². The fraction of sp³-hybridized carbons (Fsp3) is 0.636. The largest absolute Gasteiger partial charge is 0.386 e. The topological polar surface area (TPSA) is 71.4 Å². The molecule has 2 aliphatic rings. The molecule has 2 atom stereocenters. The van der Waals surface area contributed by atoms with Gasteiger partial charge in [-0.15, -0.1) is 24.0 Å². The quantitative estimate of drug-likeness (QED) is 0.324. The first-order valence-electron chi connectivity index (χ1n) is 11.0. The van der Waals surface area contributed by atoms with E-state index in [0.29, 0.717) is 5.56 Å². The Morgan fingerprint density at radius 1 is 1.10 bits per heavy atom. The molecule has 7 nitrogen and oxygen atoms in total. The van der Waals surface area contributed by atoms with Crippen LogP contribution >= 0.6 is 24.0 Å². The molecule has 2 unspecified atom stereocenters. The van der Waals surface area contributed by atoms with Crippen molar-refractivity contribution < 1.29 is 14.3 Å². The molecule has 0 aliphatic carbocycles. The van der Waals surface area contributed by atoms with Gasteiger partial charge in [0.2, 0.25) is 5.91 Å². The van der Waals surface area contributed by atoms with E-state index in [1.807, 2.05) is 18.7 Å². The Hall–Kier alpha value is -1.46. The first kappa shape index (κ1) is 25.8. The number of amides is 1. The number of aliphatic hydroxyl groups is 1. The fourth-order valence-corrected chi connectivity index (χ4v) is 4.07. The van der Waals surface area contributed by atoms with Gasteiger partial charge in [-0.3, -0.25) is 14.7 Å². The summed E-state index contributed by atoms with van der Waals surface area (Å²) in [7, 11) is 0. The van der Waals surface area contributed by atoms with Gasteiger partial charge < -0.3 is 20.2 Å². The second-order valence-electron chi connectivity index (χ2n) is 7.99. The third-order valence-corrected chi connectivity index (χ3v) is 5.94. The van der Waals surface area contributed by atoms with Gasteiger partial charge in [-0.05, 0) is 44.4 Å². The highest BCUT2D eigenvalue weighted by Crippen LogP contribution is 2.16. The van der Waals surface area contributed by atoms with E-state index in [-0.39, 0.29) is 48.3 Å². The van der Waals surface area contributed by atoms with Crippen molar-refractivity contribution in [2.45, 2.75) is 38.8 Å². The van der Waals surface area contributed by atoms with E-state index in [2.05, 4.69) is 20.1 Å². The van der Waals surface area contributed by atoms with Crippen LogP contribution in [0, 0.1) is 5.82 Å². The van der Waals surface area contributed by atoms with Crippen molar-refractivity contribution in [3.8, 4) is 0 Å². The zero-order valence-electron chi connectivity index (χ0n) is 18.5. The number of halogens is 2. The van der Waals surface area contributed by atoms with Crippen molar-refractivity contribution in [2.24, 2.45) is 4.99 Å². The van der Waals surface area contributed by atoms with Gasteiger partial charge in [-0.1, -0.05) is 12.1 Å². The lowest BCUT2D eigenvalue weighted by Gasteiger charge is -2.39. The van der Waals surface area contributed by atoms with Crippen molar-refractivity contribution in [1.82, 2.24) is 20.0 Å². The molecule has 1 aromatic carbocycles. The zero-order chi connectivity index (χ0) is 21.5. The first-order valence-corrected chi connectivity index (χ1v) is 11.0. The minimum atomic E-state index is -0.779. The molecule has 3 rings (SSSR count). The number of benzene rings is 1. The SMILES string of the molecule is CCNC(=NCC(O)c1ccc(F)cc1)N1CCN(C(C)C(=O)N2CCCC2)CC1.I. The third-order valence-electron chi connectivity index (χ3n) is 5.94. The highest BCUT2D eigenvalue weighted by atomic mass is 127. The van der Waals surface area contributed by atoms with Crippen molar-refractivity contribution >= 4 is 35.8 Å². The molecule has 174 valence electrons. The Bertz CT molecular complexity index is 719. The molecule has 0 spiro atoms. The third kappa shape index (κ3) is 7.01. The summed E-state index contributed by atoms with van der Waals surface area (Å²) in [5.41, 5.74) is 0.648. The van der Waals surface area contributed by atoms with Crippen LogP contribution in [0.15, 0.2) is 29.3 Å². The lowest BCUT2D eigenvalue weighted by molar-refractivity contribution is -0.135. The van der Waals surface area contributed by atoms with Crippen LogP contribution in [0.4, 0.5) is 4.39 Å². The Labute approximate surface area is 201 Å². The van der Waals surface area contributed by atoms with Crippen molar-refractivity contribution in [3.05, 3.63) is 35.6 Å². The van der Waals surface area contributed by atoms with E-state index in [4.69, 9.17) is 0 Å². The zero-order valence-corrected chi connectivity index (χ0v) is 20.8. The van der Waals surface area contributed by atoms with Gasteiger partial charge in [0, 0.05) is 45.8 Å². The van der Waals surface area contributed by atoms with Crippen LogP contribution in [-0.4, -0.2) is 90.1 Å². The number of rotatable bonds is 6. The molecule has 9 heteroatoms. The molecule has 2 heterocycles. The summed E-state index contributed by atoms with van der Waals surface area (Å²) in [6, 6.07) is 5.76. The monoisotopic (exact) mass is 547 g/mol. The second kappa shape index (κ2) is 12.5. The number of guanidine groups is 1. The van der Waals surface area contributed by atoms with Gasteiger partial charge in [-0.25, -0.2) is 4.39 Å². The van der Waals surface area contributed by atoms with Gasteiger partial charge >= 0.3 is 0 Å². The molecule has 1 aromatic rings. The Morgan fingerprint density at radius 3 is 2.29 bits per heavy atom. The summed E-state index contributed by atoms with van der Waals surface area (Å²) < 4.78 is 13.1. The molecule has 0 aromatic heterocycles. The molecule has 31 heavy (non-hydrogen) atoms. The summed E-state index contributed by atoms with van der Waals surface area (Å²) in [6.45, 7) is 9.87. The van der Waals surface area contributed by atoms with Crippen LogP contribution in [0.3, 0.4) is 0 Å². The maximum atomic E-state index is 13.1. The van der Waals surface area contributed by atoms with Crippen molar-refractivity contribution in [2.75, 3.05) is 52.4 Å². The number of nitrogens with one attached hydrogen (secondary N) is 1. The maximum absolute atomic E-state index is 13.1. The van der Waals surface area contributed by atoms with E-state index in [1.54, 1.807) is 12.1 Å². The minimum absolute atomic E-state index is 0. The smallest absolute Gasteiger partial charge is 0.239 e. The molecule has 2 aliphatic heterocycles. The maximum Gasteiger partial charge on any atom is 0.239 e. The number of carbonyl (C=O) groups is 1.